The molecule has 1 heterocycles. The maximum absolute atomic E-state index is 5.89. The fourth-order valence-electron chi connectivity index (χ4n) is 1.41. The Labute approximate surface area is 92.8 Å². The van der Waals surface area contributed by atoms with Crippen molar-refractivity contribution in [3.05, 3.63) is 16.5 Å². The van der Waals surface area contributed by atoms with E-state index < -0.39 is 0 Å². The van der Waals surface area contributed by atoms with Crippen LogP contribution in [-0.4, -0.2) is 16.5 Å². The summed E-state index contributed by atoms with van der Waals surface area (Å²) in [5, 5.41) is 3.94. The molecule has 0 atom stereocenters. The minimum absolute atomic E-state index is 0.227. The van der Waals surface area contributed by atoms with E-state index in [1.807, 2.05) is 0 Å². The number of hydrogen-bond donors (Lipinski definition) is 1. The van der Waals surface area contributed by atoms with Gasteiger partial charge in [-0.25, -0.2) is 4.98 Å². The molecule has 2 rings (SSSR count). The first-order chi connectivity index (χ1) is 6.75. The van der Waals surface area contributed by atoms with E-state index in [2.05, 4.69) is 15.3 Å². The zero-order valence-corrected chi connectivity index (χ0v) is 9.15. The third kappa shape index (κ3) is 2.28. The van der Waals surface area contributed by atoms with Crippen molar-refractivity contribution in [1.29, 1.82) is 0 Å². The topological polar surface area (TPSA) is 37.8 Å². The second-order valence-electron chi connectivity index (χ2n) is 3.51. The van der Waals surface area contributed by atoms with Crippen molar-refractivity contribution >= 4 is 29.0 Å². The first kappa shape index (κ1) is 9.99. The van der Waals surface area contributed by atoms with Crippen molar-refractivity contribution < 1.29 is 0 Å². The minimum Gasteiger partial charge on any atom is -0.368 e. The SMILES string of the molecule is Clc1ncc(Cl)c(NCC2CCC2)n1. The van der Waals surface area contributed by atoms with Gasteiger partial charge in [0.05, 0.1) is 6.20 Å². The Hall–Kier alpha value is -0.540. The molecule has 0 unspecified atom stereocenters. The van der Waals surface area contributed by atoms with Gasteiger partial charge < -0.3 is 5.32 Å². The van der Waals surface area contributed by atoms with E-state index in [0.29, 0.717) is 10.8 Å². The Morgan fingerprint density at radius 2 is 2.21 bits per heavy atom. The molecule has 1 aliphatic rings. The second-order valence-corrected chi connectivity index (χ2v) is 4.26. The highest BCUT2D eigenvalue weighted by Gasteiger charge is 2.17. The van der Waals surface area contributed by atoms with Crippen LogP contribution in [-0.2, 0) is 0 Å². The Morgan fingerprint density at radius 1 is 1.43 bits per heavy atom. The quantitative estimate of drug-likeness (QED) is 0.814. The smallest absolute Gasteiger partial charge is 0.224 e. The highest BCUT2D eigenvalue weighted by atomic mass is 35.5. The van der Waals surface area contributed by atoms with Crippen molar-refractivity contribution in [2.75, 3.05) is 11.9 Å². The van der Waals surface area contributed by atoms with E-state index in [0.717, 1.165) is 12.5 Å². The molecule has 14 heavy (non-hydrogen) atoms. The van der Waals surface area contributed by atoms with E-state index >= 15 is 0 Å². The molecule has 0 radical (unpaired) electrons. The summed E-state index contributed by atoms with van der Waals surface area (Å²) in [5.74, 6) is 1.40. The van der Waals surface area contributed by atoms with E-state index in [1.54, 1.807) is 0 Å². The molecular weight excluding hydrogens is 221 g/mol. The van der Waals surface area contributed by atoms with Crippen LogP contribution in [0.25, 0.3) is 0 Å². The molecule has 76 valence electrons. The van der Waals surface area contributed by atoms with Crippen LogP contribution in [0.4, 0.5) is 5.82 Å². The summed E-state index contributed by atoms with van der Waals surface area (Å²) in [4.78, 5) is 7.80. The summed E-state index contributed by atoms with van der Waals surface area (Å²) in [5.41, 5.74) is 0. The number of rotatable bonds is 3. The molecule has 0 aliphatic heterocycles. The molecule has 0 saturated heterocycles. The molecule has 1 N–H and O–H groups in total. The third-order valence-electron chi connectivity index (χ3n) is 2.50. The Morgan fingerprint density at radius 3 is 2.86 bits per heavy atom. The summed E-state index contributed by atoms with van der Waals surface area (Å²) in [6.45, 7) is 0.924. The van der Waals surface area contributed by atoms with Gasteiger partial charge in [-0.3, -0.25) is 0 Å². The number of hydrogen-bond acceptors (Lipinski definition) is 3. The number of nitrogens with zero attached hydrogens (tertiary/aromatic N) is 2. The summed E-state index contributed by atoms with van der Waals surface area (Å²) in [6.07, 6.45) is 5.44. The molecule has 0 bridgehead atoms. The number of aromatic nitrogens is 2. The Bertz CT molecular complexity index is 326. The van der Waals surface area contributed by atoms with E-state index in [-0.39, 0.29) is 5.28 Å². The van der Waals surface area contributed by atoms with Gasteiger partial charge in [-0.1, -0.05) is 18.0 Å². The van der Waals surface area contributed by atoms with Gasteiger partial charge >= 0.3 is 0 Å². The van der Waals surface area contributed by atoms with Crippen molar-refractivity contribution in [2.45, 2.75) is 19.3 Å². The van der Waals surface area contributed by atoms with Gasteiger partial charge in [-0.2, -0.15) is 4.98 Å². The predicted molar refractivity (Wildman–Crippen MR) is 57.9 cm³/mol. The standard InChI is InChI=1S/C9H11Cl2N3/c10-7-5-13-9(11)14-8(7)12-4-6-2-1-3-6/h5-6H,1-4H2,(H,12,13,14). The molecule has 1 fully saturated rings. The second kappa shape index (κ2) is 4.32. The summed E-state index contributed by atoms with van der Waals surface area (Å²) < 4.78 is 0. The lowest BCUT2D eigenvalue weighted by atomic mass is 9.85. The van der Waals surface area contributed by atoms with Gasteiger partial charge in [0.2, 0.25) is 5.28 Å². The lowest BCUT2D eigenvalue weighted by molar-refractivity contribution is 0.333. The van der Waals surface area contributed by atoms with Crippen LogP contribution in [0, 0.1) is 5.92 Å². The summed E-state index contributed by atoms with van der Waals surface area (Å²) in [6, 6.07) is 0. The maximum Gasteiger partial charge on any atom is 0.224 e. The molecule has 1 aliphatic carbocycles. The minimum atomic E-state index is 0.227. The van der Waals surface area contributed by atoms with Crippen LogP contribution >= 0.6 is 23.2 Å². The van der Waals surface area contributed by atoms with Gasteiger partial charge in [-0.05, 0) is 30.4 Å². The first-order valence-corrected chi connectivity index (χ1v) is 5.43. The largest absolute Gasteiger partial charge is 0.368 e. The molecule has 0 amide bonds. The summed E-state index contributed by atoms with van der Waals surface area (Å²) in [7, 11) is 0. The van der Waals surface area contributed by atoms with Crippen LogP contribution in [0.3, 0.4) is 0 Å². The average molecular weight is 232 g/mol. The zero-order chi connectivity index (χ0) is 9.97. The van der Waals surface area contributed by atoms with Crippen molar-refractivity contribution in [1.82, 2.24) is 9.97 Å². The number of nitrogens with one attached hydrogen (secondary N) is 1. The van der Waals surface area contributed by atoms with E-state index in [1.165, 1.54) is 25.5 Å². The highest BCUT2D eigenvalue weighted by molar-refractivity contribution is 6.33. The molecule has 3 nitrogen and oxygen atoms in total. The van der Waals surface area contributed by atoms with Crippen LogP contribution in [0.15, 0.2) is 6.20 Å². The molecule has 1 saturated carbocycles. The summed E-state index contributed by atoms with van der Waals surface area (Å²) >= 11 is 11.6. The monoisotopic (exact) mass is 231 g/mol. The molecule has 0 spiro atoms. The zero-order valence-electron chi connectivity index (χ0n) is 7.63. The normalized spacial score (nSPS) is 16.4. The first-order valence-electron chi connectivity index (χ1n) is 4.67. The van der Waals surface area contributed by atoms with Crippen LogP contribution in [0.2, 0.25) is 10.3 Å². The van der Waals surface area contributed by atoms with E-state index in [9.17, 15) is 0 Å². The average Bonchev–Trinajstić information content (AvgIpc) is 2.08. The van der Waals surface area contributed by atoms with Gasteiger partial charge in [0, 0.05) is 6.54 Å². The van der Waals surface area contributed by atoms with Gasteiger partial charge in [0.1, 0.15) is 10.8 Å². The van der Waals surface area contributed by atoms with Gasteiger partial charge in [0.25, 0.3) is 0 Å². The van der Waals surface area contributed by atoms with Crippen molar-refractivity contribution in [2.24, 2.45) is 5.92 Å². The van der Waals surface area contributed by atoms with Crippen LogP contribution in [0.1, 0.15) is 19.3 Å². The van der Waals surface area contributed by atoms with Gasteiger partial charge in [0.15, 0.2) is 0 Å². The molecule has 5 heteroatoms. The fourth-order valence-corrected chi connectivity index (χ4v) is 1.70. The Kier molecular flexibility index (Phi) is 3.08. The third-order valence-corrected chi connectivity index (χ3v) is 2.96. The lowest BCUT2D eigenvalue weighted by Gasteiger charge is -2.25. The number of halogens is 2. The van der Waals surface area contributed by atoms with Crippen LogP contribution < -0.4 is 5.32 Å². The fraction of sp³-hybridized carbons (Fsp3) is 0.556. The molecular formula is C9H11Cl2N3. The molecule has 1 aromatic heterocycles. The van der Waals surface area contributed by atoms with Crippen molar-refractivity contribution in [3.63, 3.8) is 0 Å². The number of anilines is 1. The predicted octanol–water partition coefficient (Wildman–Crippen LogP) is 3.00. The lowest BCUT2D eigenvalue weighted by Crippen LogP contribution is -2.21. The van der Waals surface area contributed by atoms with Crippen molar-refractivity contribution in [3.8, 4) is 0 Å². The molecule has 0 aromatic carbocycles. The highest BCUT2D eigenvalue weighted by Crippen LogP contribution is 2.27. The Balaban J connectivity index is 1.96. The van der Waals surface area contributed by atoms with E-state index in [4.69, 9.17) is 23.2 Å². The van der Waals surface area contributed by atoms with Crippen LogP contribution in [0.5, 0.6) is 0 Å². The molecule has 1 aromatic rings. The van der Waals surface area contributed by atoms with Gasteiger partial charge in [-0.15, -0.1) is 0 Å². The maximum atomic E-state index is 5.89.